The number of carbonyl (C=O) groups excluding carboxylic acids is 2. The molecule has 0 bridgehead atoms. The van der Waals surface area contributed by atoms with E-state index < -0.39 is 34.3 Å². The van der Waals surface area contributed by atoms with E-state index in [0.29, 0.717) is 5.69 Å². The van der Waals surface area contributed by atoms with Crippen LogP contribution < -0.4 is 15.0 Å². The van der Waals surface area contributed by atoms with Gasteiger partial charge in [0.05, 0.1) is 15.5 Å². The molecule has 0 fully saturated rings. The second-order valence-corrected chi connectivity index (χ2v) is 6.97. The number of nitro benzene ring substituents is 2. The SMILES string of the molecule is CC(C)C1Oc2ccc([N+](=O)[O-])cc2N(CC(=O)Nc2ccc([N+](=O)[O-])cc2)C1=O. The average Bonchev–Trinajstić information content (AvgIpc) is 2.69. The number of amides is 2. The zero-order valence-corrected chi connectivity index (χ0v) is 16.1. The summed E-state index contributed by atoms with van der Waals surface area (Å²) < 4.78 is 5.70. The van der Waals surface area contributed by atoms with Crippen molar-refractivity contribution >= 4 is 34.6 Å². The van der Waals surface area contributed by atoms with Crippen LogP contribution in [0.4, 0.5) is 22.7 Å². The number of non-ortho nitro benzene ring substituents is 2. The van der Waals surface area contributed by atoms with Gasteiger partial charge in [-0.05, 0) is 24.1 Å². The maximum Gasteiger partial charge on any atom is 0.271 e. The fourth-order valence-electron chi connectivity index (χ4n) is 2.98. The second-order valence-electron chi connectivity index (χ2n) is 6.97. The van der Waals surface area contributed by atoms with Gasteiger partial charge in [0, 0.05) is 30.0 Å². The van der Waals surface area contributed by atoms with Crippen LogP contribution in [0.3, 0.4) is 0 Å². The third kappa shape index (κ3) is 4.19. The Morgan fingerprint density at radius 2 is 1.70 bits per heavy atom. The largest absolute Gasteiger partial charge is 0.478 e. The molecule has 0 aliphatic carbocycles. The molecule has 2 aromatic carbocycles. The van der Waals surface area contributed by atoms with Crippen LogP contribution in [0.25, 0.3) is 0 Å². The van der Waals surface area contributed by atoms with Crippen LogP contribution in [0.5, 0.6) is 5.75 Å². The van der Waals surface area contributed by atoms with E-state index in [2.05, 4.69) is 5.32 Å². The van der Waals surface area contributed by atoms with Crippen molar-refractivity contribution in [1.82, 2.24) is 0 Å². The lowest BCUT2D eigenvalue weighted by Crippen LogP contribution is -2.50. The predicted octanol–water partition coefficient (Wildman–Crippen LogP) is 2.89. The molecular formula is C19H18N4O7. The molecule has 11 nitrogen and oxygen atoms in total. The van der Waals surface area contributed by atoms with E-state index in [1.54, 1.807) is 13.8 Å². The van der Waals surface area contributed by atoms with Gasteiger partial charge >= 0.3 is 0 Å². The molecule has 1 unspecified atom stereocenters. The van der Waals surface area contributed by atoms with Gasteiger partial charge in [0.25, 0.3) is 17.3 Å². The minimum absolute atomic E-state index is 0.127. The van der Waals surface area contributed by atoms with Crippen molar-refractivity contribution in [2.45, 2.75) is 20.0 Å². The summed E-state index contributed by atoms with van der Waals surface area (Å²) in [7, 11) is 0. The fourth-order valence-corrected chi connectivity index (χ4v) is 2.98. The lowest BCUT2D eigenvalue weighted by Gasteiger charge is -2.35. The first-order valence-electron chi connectivity index (χ1n) is 8.98. The van der Waals surface area contributed by atoms with Gasteiger partial charge < -0.3 is 10.1 Å². The Morgan fingerprint density at radius 3 is 2.27 bits per heavy atom. The highest BCUT2D eigenvalue weighted by molar-refractivity contribution is 6.06. The van der Waals surface area contributed by atoms with Crippen LogP contribution >= 0.6 is 0 Å². The zero-order chi connectivity index (χ0) is 22.0. The van der Waals surface area contributed by atoms with E-state index in [1.807, 2.05) is 0 Å². The molecule has 0 saturated heterocycles. The maximum absolute atomic E-state index is 12.9. The Hall–Kier alpha value is -4.02. The predicted molar refractivity (Wildman–Crippen MR) is 106 cm³/mol. The highest BCUT2D eigenvalue weighted by Crippen LogP contribution is 2.38. The van der Waals surface area contributed by atoms with Gasteiger partial charge in [-0.25, -0.2) is 0 Å². The van der Waals surface area contributed by atoms with Crippen molar-refractivity contribution in [1.29, 1.82) is 0 Å². The first-order valence-corrected chi connectivity index (χ1v) is 8.98. The summed E-state index contributed by atoms with van der Waals surface area (Å²) in [6.07, 6.45) is -0.842. The molecule has 1 N–H and O–H groups in total. The molecule has 0 radical (unpaired) electrons. The summed E-state index contributed by atoms with van der Waals surface area (Å²) in [5.41, 5.74) is 0.0715. The molecule has 0 saturated carbocycles. The molecule has 1 aliphatic rings. The van der Waals surface area contributed by atoms with Crippen molar-refractivity contribution < 1.29 is 24.2 Å². The zero-order valence-electron chi connectivity index (χ0n) is 16.1. The molecule has 2 aromatic rings. The summed E-state index contributed by atoms with van der Waals surface area (Å²) in [5, 5.41) is 24.4. The lowest BCUT2D eigenvalue weighted by molar-refractivity contribution is -0.385. The second kappa shape index (κ2) is 8.15. The quantitative estimate of drug-likeness (QED) is 0.565. The molecule has 1 atom stereocenters. The minimum Gasteiger partial charge on any atom is -0.478 e. The summed E-state index contributed by atoms with van der Waals surface area (Å²) in [4.78, 5) is 47.3. The van der Waals surface area contributed by atoms with E-state index in [4.69, 9.17) is 4.74 Å². The topological polar surface area (TPSA) is 145 Å². The van der Waals surface area contributed by atoms with Crippen LogP contribution in [0, 0.1) is 26.1 Å². The Kier molecular flexibility index (Phi) is 5.63. The van der Waals surface area contributed by atoms with Crippen molar-refractivity contribution in [3.8, 4) is 5.75 Å². The lowest BCUT2D eigenvalue weighted by atomic mass is 10.0. The van der Waals surface area contributed by atoms with Gasteiger partial charge in [0.1, 0.15) is 12.3 Å². The standard InChI is InChI=1S/C19H18N4O7/c1-11(2)18-19(25)21(15-9-14(23(28)29)7-8-16(15)30-18)10-17(24)20-12-3-5-13(6-4-12)22(26)27/h3-9,11,18H,10H2,1-2H3,(H,20,24). The molecular weight excluding hydrogens is 396 g/mol. The number of anilines is 2. The number of nitrogens with one attached hydrogen (secondary N) is 1. The first-order chi connectivity index (χ1) is 14.2. The molecule has 11 heteroatoms. The Labute approximate surface area is 170 Å². The average molecular weight is 414 g/mol. The molecule has 30 heavy (non-hydrogen) atoms. The Morgan fingerprint density at radius 1 is 1.10 bits per heavy atom. The maximum atomic E-state index is 12.9. The van der Waals surface area contributed by atoms with Gasteiger partial charge in [-0.15, -0.1) is 0 Å². The van der Waals surface area contributed by atoms with Crippen LogP contribution in [-0.2, 0) is 9.59 Å². The number of hydrogen-bond donors (Lipinski definition) is 1. The molecule has 0 aromatic heterocycles. The van der Waals surface area contributed by atoms with E-state index in [1.165, 1.54) is 42.5 Å². The van der Waals surface area contributed by atoms with Gasteiger partial charge in [-0.2, -0.15) is 0 Å². The summed E-state index contributed by atoms with van der Waals surface area (Å²) >= 11 is 0. The smallest absolute Gasteiger partial charge is 0.271 e. The van der Waals surface area contributed by atoms with Crippen molar-refractivity contribution in [2.75, 3.05) is 16.8 Å². The van der Waals surface area contributed by atoms with Gasteiger partial charge in [-0.3, -0.25) is 34.7 Å². The number of fused-ring (bicyclic) bond motifs is 1. The number of rotatable bonds is 6. The summed E-state index contributed by atoms with van der Waals surface area (Å²) in [6, 6.07) is 9.06. The molecule has 0 spiro atoms. The van der Waals surface area contributed by atoms with Crippen LogP contribution in [0.2, 0.25) is 0 Å². The van der Waals surface area contributed by atoms with Crippen molar-refractivity contribution in [3.05, 3.63) is 62.7 Å². The number of benzene rings is 2. The number of ether oxygens (including phenoxy) is 1. The normalized spacial score (nSPS) is 15.4. The fraction of sp³-hybridized carbons (Fsp3) is 0.263. The number of nitrogens with zero attached hydrogens (tertiary/aromatic N) is 3. The summed E-state index contributed by atoms with van der Waals surface area (Å²) in [5.74, 6) is -0.987. The molecule has 2 amide bonds. The van der Waals surface area contributed by atoms with E-state index in [0.717, 1.165) is 4.90 Å². The molecule has 1 heterocycles. The van der Waals surface area contributed by atoms with Gasteiger partial charge in [0.2, 0.25) is 5.91 Å². The molecule has 3 rings (SSSR count). The van der Waals surface area contributed by atoms with Crippen LogP contribution in [0.1, 0.15) is 13.8 Å². The number of nitro groups is 2. The van der Waals surface area contributed by atoms with E-state index >= 15 is 0 Å². The first kappa shape index (κ1) is 20.7. The Bertz CT molecular complexity index is 1020. The highest BCUT2D eigenvalue weighted by atomic mass is 16.6. The summed E-state index contributed by atoms with van der Waals surface area (Å²) in [6.45, 7) is 3.17. The Balaban J connectivity index is 1.86. The van der Waals surface area contributed by atoms with Crippen LogP contribution in [-0.4, -0.2) is 34.3 Å². The third-order valence-corrected chi connectivity index (χ3v) is 4.48. The highest BCUT2D eigenvalue weighted by Gasteiger charge is 2.38. The monoisotopic (exact) mass is 414 g/mol. The minimum atomic E-state index is -0.842. The molecule has 1 aliphatic heterocycles. The molecule has 156 valence electrons. The van der Waals surface area contributed by atoms with Gasteiger partial charge in [-0.1, -0.05) is 13.8 Å². The van der Waals surface area contributed by atoms with Gasteiger partial charge in [0.15, 0.2) is 6.10 Å². The van der Waals surface area contributed by atoms with Crippen LogP contribution in [0.15, 0.2) is 42.5 Å². The van der Waals surface area contributed by atoms with Crippen molar-refractivity contribution in [3.63, 3.8) is 0 Å². The third-order valence-electron chi connectivity index (χ3n) is 4.48. The van der Waals surface area contributed by atoms with E-state index in [-0.39, 0.29) is 28.7 Å². The van der Waals surface area contributed by atoms with E-state index in [9.17, 15) is 29.8 Å². The number of hydrogen-bond acceptors (Lipinski definition) is 7. The van der Waals surface area contributed by atoms with Crippen molar-refractivity contribution in [2.24, 2.45) is 5.92 Å². The number of carbonyl (C=O) groups is 2.